The van der Waals surface area contributed by atoms with E-state index in [1.54, 1.807) is 13.3 Å². The van der Waals surface area contributed by atoms with E-state index >= 15 is 0 Å². The van der Waals surface area contributed by atoms with Gasteiger partial charge in [0.2, 0.25) is 5.95 Å². The molecule has 0 aliphatic heterocycles. The second kappa shape index (κ2) is 7.84. The van der Waals surface area contributed by atoms with Crippen LogP contribution in [-0.2, 0) is 4.74 Å². The Hall–Kier alpha value is -1.40. The molecular weight excluding hydrogens is 232 g/mol. The monoisotopic (exact) mass is 254 g/mol. The van der Waals surface area contributed by atoms with Crippen LogP contribution in [0.4, 0.5) is 11.8 Å². The van der Waals surface area contributed by atoms with Crippen LogP contribution in [-0.4, -0.2) is 55.0 Å². The number of aliphatic hydroxyl groups is 1. The first-order chi connectivity index (χ1) is 8.72. The van der Waals surface area contributed by atoms with E-state index in [1.165, 1.54) is 0 Å². The number of ether oxygens (including phenoxy) is 1. The third-order valence-electron chi connectivity index (χ3n) is 2.51. The summed E-state index contributed by atoms with van der Waals surface area (Å²) in [6, 6.07) is 0. The molecule has 1 aromatic heterocycles. The van der Waals surface area contributed by atoms with Gasteiger partial charge in [-0.05, 0) is 13.8 Å². The number of aryl methyl sites for hydroxylation is 1. The molecule has 0 bridgehead atoms. The Bertz CT molecular complexity index is 360. The Morgan fingerprint density at radius 1 is 1.44 bits per heavy atom. The van der Waals surface area contributed by atoms with Gasteiger partial charge in [-0.15, -0.1) is 0 Å². The van der Waals surface area contributed by atoms with Gasteiger partial charge in [0.1, 0.15) is 5.82 Å². The Kier molecular flexibility index (Phi) is 6.38. The van der Waals surface area contributed by atoms with Crippen molar-refractivity contribution in [1.29, 1.82) is 0 Å². The predicted molar refractivity (Wildman–Crippen MR) is 72.1 cm³/mol. The van der Waals surface area contributed by atoms with Gasteiger partial charge < -0.3 is 20.1 Å². The number of aliphatic hydroxyl groups excluding tert-OH is 1. The molecule has 0 atom stereocenters. The smallest absolute Gasteiger partial charge is 0.224 e. The highest BCUT2D eigenvalue weighted by Crippen LogP contribution is 2.17. The first-order valence-corrected chi connectivity index (χ1v) is 6.15. The quantitative estimate of drug-likeness (QED) is 0.710. The topological polar surface area (TPSA) is 70.5 Å². The molecule has 6 heteroatoms. The van der Waals surface area contributed by atoms with Gasteiger partial charge in [0.25, 0.3) is 0 Å². The van der Waals surface area contributed by atoms with Crippen LogP contribution in [0, 0.1) is 6.92 Å². The van der Waals surface area contributed by atoms with Crippen LogP contribution in [0.1, 0.15) is 12.5 Å². The van der Waals surface area contributed by atoms with Crippen molar-refractivity contribution < 1.29 is 9.84 Å². The van der Waals surface area contributed by atoms with Crippen LogP contribution >= 0.6 is 0 Å². The van der Waals surface area contributed by atoms with Crippen molar-refractivity contribution in [3.05, 3.63) is 11.8 Å². The van der Waals surface area contributed by atoms with E-state index in [-0.39, 0.29) is 6.61 Å². The van der Waals surface area contributed by atoms with Crippen molar-refractivity contribution in [2.24, 2.45) is 0 Å². The van der Waals surface area contributed by atoms with Crippen LogP contribution in [0.5, 0.6) is 0 Å². The number of nitrogens with one attached hydrogen (secondary N) is 1. The van der Waals surface area contributed by atoms with Crippen molar-refractivity contribution >= 4 is 11.8 Å². The molecule has 0 saturated heterocycles. The highest BCUT2D eigenvalue weighted by molar-refractivity contribution is 5.48. The summed E-state index contributed by atoms with van der Waals surface area (Å²) in [5.41, 5.74) is 0.987. The second-order valence-corrected chi connectivity index (χ2v) is 3.93. The van der Waals surface area contributed by atoms with E-state index in [2.05, 4.69) is 15.3 Å². The molecule has 1 rings (SSSR count). The number of rotatable bonds is 8. The normalized spacial score (nSPS) is 10.4. The zero-order valence-electron chi connectivity index (χ0n) is 11.3. The maximum Gasteiger partial charge on any atom is 0.224 e. The third kappa shape index (κ3) is 4.12. The van der Waals surface area contributed by atoms with Crippen LogP contribution in [0.15, 0.2) is 6.20 Å². The Morgan fingerprint density at radius 2 is 2.22 bits per heavy atom. The molecule has 2 N–H and O–H groups in total. The molecule has 1 heterocycles. The first kappa shape index (κ1) is 14.7. The minimum atomic E-state index is 0.0870. The van der Waals surface area contributed by atoms with Gasteiger partial charge in [-0.25, -0.2) is 4.98 Å². The fraction of sp³-hybridized carbons (Fsp3) is 0.667. The van der Waals surface area contributed by atoms with Crippen molar-refractivity contribution in [2.45, 2.75) is 13.8 Å². The lowest BCUT2D eigenvalue weighted by atomic mass is 10.3. The van der Waals surface area contributed by atoms with Crippen LogP contribution < -0.4 is 10.2 Å². The number of nitrogens with zero attached hydrogens (tertiary/aromatic N) is 3. The zero-order valence-corrected chi connectivity index (χ0v) is 11.3. The minimum absolute atomic E-state index is 0.0870. The van der Waals surface area contributed by atoms with Crippen LogP contribution in [0.2, 0.25) is 0 Å². The van der Waals surface area contributed by atoms with Gasteiger partial charge in [-0.1, -0.05) is 0 Å². The van der Waals surface area contributed by atoms with Gasteiger partial charge >= 0.3 is 0 Å². The number of methoxy groups -OCH3 is 1. The maximum atomic E-state index is 9.12. The van der Waals surface area contributed by atoms with Gasteiger partial charge in [-0.3, -0.25) is 0 Å². The summed E-state index contributed by atoms with van der Waals surface area (Å²) in [5.74, 6) is 1.45. The molecule has 0 aliphatic carbocycles. The molecule has 0 saturated carbocycles. The van der Waals surface area contributed by atoms with Crippen molar-refractivity contribution in [1.82, 2.24) is 9.97 Å². The standard InChI is InChI=1S/C12H22N4O2/c1-4-13-12-14-9-10(2)11(15-12)16(5-7-17)6-8-18-3/h9,17H,4-8H2,1-3H3,(H,13,14,15). The Morgan fingerprint density at radius 3 is 2.83 bits per heavy atom. The highest BCUT2D eigenvalue weighted by Gasteiger charge is 2.11. The average Bonchev–Trinajstić information content (AvgIpc) is 2.37. The van der Waals surface area contributed by atoms with E-state index < -0.39 is 0 Å². The fourth-order valence-corrected chi connectivity index (χ4v) is 1.64. The number of anilines is 2. The molecule has 0 amide bonds. The van der Waals surface area contributed by atoms with Crippen molar-refractivity contribution in [3.8, 4) is 0 Å². The maximum absolute atomic E-state index is 9.12. The van der Waals surface area contributed by atoms with Gasteiger partial charge in [0.15, 0.2) is 0 Å². The molecule has 0 radical (unpaired) electrons. The van der Waals surface area contributed by atoms with Gasteiger partial charge in [0, 0.05) is 38.5 Å². The first-order valence-electron chi connectivity index (χ1n) is 6.15. The van der Waals surface area contributed by atoms with E-state index in [1.807, 2.05) is 18.7 Å². The molecule has 6 nitrogen and oxygen atoms in total. The van der Waals surface area contributed by atoms with E-state index in [9.17, 15) is 0 Å². The van der Waals surface area contributed by atoms with E-state index in [0.29, 0.717) is 25.6 Å². The second-order valence-electron chi connectivity index (χ2n) is 3.93. The molecule has 0 unspecified atom stereocenters. The van der Waals surface area contributed by atoms with E-state index in [4.69, 9.17) is 9.84 Å². The minimum Gasteiger partial charge on any atom is -0.395 e. The van der Waals surface area contributed by atoms with Crippen molar-refractivity contribution in [3.63, 3.8) is 0 Å². The molecular formula is C12H22N4O2. The van der Waals surface area contributed by atoms with Gasteiger partial charge in [-0.2, -0.15) is 4.98 Å². The van der Waals surface area contributed by atoms with Crippen LogP contribution in [0.3, 0.4) is 0 Å². The lowest BCUT2D eigenvalue weighted by molar-refractivity contribution is 0.202. The number of aromatic nitrogens is 2. The summed E-state index contributed by atoms with van der Waals surface area (Å²) in [6.07, 6.45) is 1.79. The highest BCUT2D eigenvalue weighted by atomic mass is 16.5. The predicted octanol–water partition coefficient (Wildman–Crippen LogP) is 0.662. The summed E-state index contributed by atoms with van der Waals surface area (Å²) in [4.78, 5) is 10.7. The molecule has 18 heavy (non-hydrogen) atoms. The molecule has 0 fully saturated rings. The molecule has 0 spiro atoms. The van der Waals surface area contributed by atoms with Crippen molar-refractivity contribution in [2.75, 3.05) is 50.2 Å². The number of hydrogen-bond donors (Lipinski definition) is 2. The molecule has 1 aromatic rings. The average molecular weight is 254 g/mol. The molecule has 102 valence electrons. The largest absolute Gasteiger partial charge is 0.395 e. The zero-order chi connectivity index (χ0) is 13.4. The lowest BCUT2D eigenvalue weighted by Crippen LogP contribution is -2.31. The Balaban J connectivity index is 2.89. The summed E-state index contributed by atoms with van der Waals surface area (Å²) < 4.78 is 5.08. The summed E-state index contributed by atoms with van der Waals surface area (Å²) in [7, 11) is 1.66. The third-order valence-corrected chi connectivity index (χ3v) is 2.51. The molecule has 0 aromatic carbocycles. The van der Waals surface area contributed by atoms with Crippen LogP contribution in [0.25, 0.3) is 0 Å². The fourth-order valence-electron chi connectivity index (χ4n) is 1.64. The summed E-state index contributed by atoms with van der Waals surface area (Å²) in [5, 5.41) is 12.2. The summed E-state index contributed by atoms with van der Waals surface area (Å²) in [6.45, 7) is 6.65. The lowest BCUT2D eigenvalue weighted by Gasteiger charge is -2.24. The number of hydrogen-bond acceptors (Lipinski definition) is 6. The van der Waals surface area contributed by atoms with Gasteiger partial charge in [0.05, 0.1) is 13.2 Å². The SMILES string of the molecule is CCNc1ncc(C)c(N(CCO)CCOC)n1. The van der Waals surface area contributed by atoms with E-state index in [0.717, 1.165) is 17.9 Å². The summed E-state index contributed by atoms with van der Waals surface area (Å²) >= 11 is 0. The molecule has 0 aliphatic rings. The Labute approximate surface area is 108 Å².